The van der Waals surface area contributed by atoms with Gasteiger partial charge in [-0.1, -0.05) is 31.2 Å². The molecule has 1 spiro atoms. The van der Waals surface area contributed by atoms with Crippen molar-refractivity contribution in [1.29, 1.82) is 0 Å². The van der Waals surface area contributed by atoms with Crippen molar-refractivity contribution in [2.75, 3.05) is 25.5 Å². The molecule has 35 heavy (non-hydrogen) atoms. The molecule has 1 atom stereocenters. The third kappa shape index (κ3) is 5.24. The second-order valence-corrected chi connectivity index (χ2v) is 11.3. The van der Waals surface area contributed by atoms with Gasteiger partial charge in [0.15, 0.2) is 0 Å². The Morgan fingerprint density at radius 2 is 1.74 bits per heavy atom. The van der Waals surface area contributed by atoms with Crippen LogP contribution in [0.3, 0.4) is 0 Å². The zero-order valence-corrected chi connectivity index (χ0v) is 20.4. The Morgan fingerprint density at radius 1 is 1.09 bits per heavy atom. The maximum atomic E-state index is 12.8. The van der Waals surface area contributed by atoms with Crippen molar-refractivity contribution in [3.8, 4) is 0 Å². The van der Waals surface area contributed by atoms with Crippen LogP contribution in [0, 0.1) is 0 Å². The minimum absolute atomic E-state index is 0.00355. The van der Waals surface area contributed by atoms with Crippen LogP contribution in [0.25, 0.3) is 0 Å². The fourth-order valence-corrected chi connectivity index (χ4v) is 6.90. The molecule has 1 amide bonds. The molecule has 2 N–H and O–H groups in total. The molecule has 0 radical (unpaired) electrons. The smallest absolute Gasteiger partial charge is 0.339 e. The Kier molecular flexibility index (Phi) is 7.26. The van der Waals surface area contributed by atoms with Gasteiger partial charge in [-0.05, 0) is 61.1 Å². The van der Waals surface area contributed by atoms with Gasteiger partial charge >= 0.3 is 6.18 Å². The molecule has 6 nitrogen and oxygen atoms in total. The first-order valence-corrected chi connectivity index (χ1v) is 13.4. The number of carbonyl (C=O) groups excluding carboxylic acids is 1. The maximum absolute atomic E-state index is 12.8. The Balaban J connectivity index is 1.42. The van der Waals surface area contributed by atoms with E-state index in [1.165, 1.54) is 11.1 Å². The molecular weight excluding hydrogens is 479 g/mol. The summed E-state index contributed by atoms with van der Waals surface area (Å²) in [4.78, 5) is 12.5. The number of rotatable bonds is 7. The standard InChI is InChI=1S/C25H30F3N3O3S/c1-2-15-35(33,34)31-13-11-24(12-14-31)21-6-4-3-5-19(21)16-22(24)29-17-30-23(32)18-7-9-20(10-8-18)25(26,27)28/h3-10,22,29H,2,11-17H2,1H3,(H,30,32). The summed E-state index contributed by atoms with van der Waals surface area (Å²) in [6.45, 7) is 2.91. The number of alkyl halides is 3. The zero-order valence-electron chi connectivity index (χ0n) is 19.6. The number of fused-ring (bicyclic) bond motifs is 2. The highest BCUT2D eigenvalue weighted by Gasteiger charge is 2.49. The van der Waals surface area contributed by atoms with Crippen LogP contribution in [-0.4, -0.2) is 50.2 Å². The Hall–Kier alpha value is -2.43. The van der Waals surface area contributed by atoms with E-state index in [0.29, 0.717) is 32.4 Å². The van der Waals surface area contributed by atoms with Gasteiger partial charge in [0.2, 0.25) is 10.0 Å². The molecule has 1 fully saturated rings. The first-order valence-electron chi connectivity index (χ1n) is 11.8. The molecule has 2 aromatic carbocycles. The van der Waals surface area contributed by atoms with E-state index in [1.54, 1.807) is 4.31 Å². The third-order valence-electron chi connectivity index (χ3n) is 7.19. The molecule has 190 valence electrons. The lowest BCUT2D eigenvalue weighted by atomic mass is 9.71. The fourth-order valence-electron chi connectivity index (χ4n) is 5.39. The summed E-state index contributed by atoms with van der Waals surface area (Å²) in [7, 11) is -3.26. The molecule has 1 heterocycles. The molecule has 1 aliphatic carbocycles. The van der Waals surface area contributed by atoms with Crippen molar-refractivity contribution in [3.05, 3.63) is 70.8 Å². The van der Waals surface area contributed by atoms with E-state index in [-0.39, 0.29) is 29.4 Å². The van der Waals surface area contributed by atoms with E-state index in [9.17, 15) is 26.4 Å². The molecule has 0 bridgehead atoms. The van der Waals surface area contributed by atoms with Crippen molar-refractivity contribution >= 4 is 15.9 Å². The summed E-state index contributed by atoms with van der Waals surface area (Å²) in [5.41, 5.74) is 1.54. The summed E-state index contributed by atoms with van der Waals surface area (Å²) in [6.07, 6.45) is -1.76. The fraction of sp³-hybridized carbons (Fsp3) is 0.480. The second kappa shape index (κ2) is 9.91. The number of halogens is 3. The number of sulfonamides is 1. The lowest BCUT2D eigenvalue weighted by Crippen LogP contribution is -2.55. The van der Waals surface area contributed by atoms with Crippen molar-refractivity contribution < 1.29 is 26.4 Å². The largest absolute Gasteiger partial charge is 0.416 e. The summed E-state index contributed by atoms with van der Waals surface area (Å²) in [5.74, 6) is -0.315. The van der Waals surface area contributed by atoms with Crippen molar-refractivity contribution in [1.82, 2.24) is 14.9 Å². The molecule has 10 heteroatoms. The summed E-state index contributed by atoms with van der Waals surface area (Å²) < 4.78 is 65.0. The number of hydrogen-bond acceptors (Lipinski definition) is 4. The van der Waals surface area contributed by atoms with Crippen LogP contribution in [0.5, 0.6) is 0 Å². The highest BCUT2D eigenvalue weighted by atomic mass is 32.2. The second-order valence-electron chi connectivity index (χ2n) is 9.25. The first kappa shape index (κ1) is 25.7. The number of carbonyl (C=O) groups is 1. The van der Waals surface area contributed by atoms with Crippen LogP contribution in [0.4, 0.5) is 13.2 Å². The van der Waals surface area contributed by atoms with Gasteiger partial charge in [0.25, 0.3) is 5.91 Å². The normalized spacial score (nSPS) is 20.1. The Morgan fingerprint density at radius 3 is 2.37 bits per heavy atom. The Labute approximate surface area is 203 Å². The van der Waals surface area contributed by atoms with Gasteiger partial charge < -0.3 is 5.32 Å². The van der Waals surface area contributed by atoms with E-state index < -0.39 is 27.7 Å². The Bertz CT molecular complexity index is 1160. The molecule has 4 rings (SSSR count). The summed E-state index contributed by atoms with van der Waals surface area (Å²) >= 11 is 0. The lowest BCUT2D eigenvalue weighted by Gasteiger charge is -2.43. The molecule has 2 aromatic rings. The van der Waals surface area contributed by atoms with Crippen LogP contribution in [0.2, 0.25) is 0 Å². The molecule has 1 saturated heterocycles. The molecule has 0 saturated carbocycles. The van der Waals surface area contributed by atoms with Gasteiger partial charge in [-0.3, -0.25) is 10.1 Å². The van der Waals surface area contributed by atoms with Crippen LogP contribution < -0.4 is 10.6 Å². The minimum Gasteiger partial charge on any atom is -0.339 e. The van der Waals surface area contributed by atoms with Crippen molar-refractivity contribution in [2.24, 2.45) is 0 Å². The van der Waals surface area contributed by atoms with Crippen LogP contribution in [0.15, 0.2) is 48.5 Å². The highest BCUT2D eigenvalue weighted by Crippen LogP contribution is 2.46. The summed E-state index contributed by atoms with van der Waals surface area (Å²) in [6, 6.07) is 12.3. The summed E-state index contributed by atoms with van der Waals surface area (Å²) in [5, 5.41) is 6.17. The average molecular weight is 510 g/mol. The number of hydrogen-bond donors (Lipinski definition) is 2. The molecule has 1 unspecified atom stereocenters. The van der Waals surface area contributed by atoms with Crippen molar-refractivity contribution in [3.63, 3.8) is 0 Å². The third-order valence-corrected chi connectivity index (χ3v) is 9.26. The molecule has 0 aromatic heterocycles. The SMILES string of the molecule is CCCS(=O)(=O)N1CCC2(CC1)c1ccccc1CC2NCNC(=O)c1ccc(C(F)(F)F)cc1. The van der Waals surface area contributed by atoms with Crippen LogP contribution >= 0.6 is 0 Å². The molecule has 2 aliphatic rings. The van der Waals surface area contributed by atoms with Gasteiger partial charge in [0, 0.05) is 30.1 Å². The van der Waals surface area contributed by atoms with E-state index in [1.807, 2.05) is 19.1 Å². The highest BCUT2D eigenvalue weighted by molar-refractivity contribution is 7.89. The minimum atomic E-state index is -4.45. The zero-order chi connectivity index (χ0) is 25.3. The van der Waals surface area contributed by atoms with Crippen LogP contribution in [0.1, 0.15) is 53.2 Å². The number of piperidine rings is 1. The van der Waals surface area contributed by atoms with E-state index in [0.717, 1.165) is 30.7 Å². The van der Waals surface area contributed by atoms with E-state index in [4.69, 9.17) is 0 Å². The van der Waals surface area contributed by atoms with E-state index in [2.05, 4.69) is 22.8 Å². The monoisotopic (exact) mass is 509 g/mol. The predicted octanol–water partition coefficient (Wildman–Crippen LogP) is 3.68. The van der Waals surface area contributed by atoms with Crippen LogP contribution in [-0.2, 0) is 28.0 Å². The van der Waals surface area contributed by atoms with Gasteiger partial charge in [-0.2, -0.15) is 13.2 Å². The predicted molar refractivity (Wildman–Crippen MR) is 127 cm³/mol. The molecule has 1 aliphatic heterocycles. The first-order chi connectivity index (χ1) is 16.6. The topological polar surface area (TPSA) is 78.5 Å². The van der Waals surface area contributed by atoms with E-state index >= 15 is 0 Å². The number of amides is 1. The lowest BCUT2D eigenvalue weighted by molar-refractivity contribution is -0.137. The average Bonchev–Trinajstić information content (AvgIpc) is 3.11. The quantitative estimate of drug-likeness (QED) is 0.559. The maximum Gasteiger partial charge on any atom is 0.416 e. The van der Waals surface area contributed by atoms with Gasteiger partial charge in [0.05, 0.1) is 18.0 Å². The van der Waals surface area contributed by atoms with Gasteiger partial charge in [-0.15, -0.1) is 0 Å². The number of nitrogens with one attached hydrogen (secondary N) is 2. The number of nitrogens with zero attached hydrogens (tertiary/aromatic N) is 1. The molecular formula is C25H30F3N3O3S. The number of benzene rings is 2. The van der Waals surface area contributed by atoms with Gasteiger partial charge in [-0.25, -0.2) is 12.7 Å². The van der Waals surface area contributed by atoms with Gasteiger partial charge in [0.1, 0.15) is 0 Å². The van der Waals surface area contributed by atoms with Crippen molar-refractivity contribution in [2.45, 2.75) is 50.2 Å².